The number of rotatable bonds is 3. The van der Waals surface area contributed by atoms with Crippen LogP contribution in [-0.2, 0) is 0 Å². The van der Waals surface area contributed by atoms with E-state index in [2.05, 4.69) is 68.6 Å². The highest BCUT2D eigenvalue weighted by atomic mass is 32.1. The van der Waals surface area contributed by atoms with E-state index in [0.717, 1.165) is 0 Å². The average Bonchev–Trinajstić information content (AvgIpc) is 2.85. The fraction of sp³-hybridized carbons (Fsp3) is 0.263. The minimum atomic E-state index is 0.267. The minimum Gasteiger partial charge on any atom is -0.309 e. The van der Waals surface area contributed by atoms with Crippen molar-refractivity contribution in [2.45, 2.75) is 26.8 Å². The first-order valence-corrected chi connectivity index (χ1v) is 8.15. The predicted molar refractivity (Wildman–Crippen MR) is 93.4 cm³/mol. The Morgan fingerprint density at radius 3 is 2.24 bits per heavy atom. The summed E-state index contributed by atoms with van der Waals surface area (Å²) in [5.41, 5.74) is 5.48. The Morgan fingerprint density at radius 2 is 1.62 bits per heavy atom. The van der Waals surface area contributed by atoms with E-state index < -0.39 is 0 Å². The normalized spacial score (nSPS) is 12.8. The van der Waals surface area contributed by atoms with Crippen molar-refractivity contribution in [1.29, 1.82) is 0 Å². The molecule has 21 heavy (non-hydrogen) atoms. The molecule has 0 aliphatic carbocycles. The van der Waals surface area contributed by atoms with E-state index in [9.17, 15) is 0 Å². The van der Waals surface area contributed by atoms with Crippen LogP contribution in [0.1, 0.15) is 33.2 Å². The molecular weight excluding hydrogens is 274 g/mol. The van der Waals surface area contributed by atoms with Gasteiger partial charge >= 0.3 is 0 Å². The lowest BCUT2D eigenvalue weighted by atomic mass is 9.93. The second kappa shape index (κ2) is 5.63. The maximum absolute atomic E-state index is 3.51. The van der Waals surface area contributed by atoms with Crippen LogP contribution in [0.4, 0.5) is 0 Å². The van der Waals surface area contributed by atoms with Gasteiger partial charge in [-0.25, -0.2) is 0 Å². The fourth-order valence-electron chi connectivity index (χ4n) is 3.22. The molecule has 1 unspecified atom stereocenters. The first-order valence-electron chi connectivity index (χ1n) is 7.33. The zero-order chi connectivity index (χ0) is 15.0. The Bertz CT molecular complexity index is 729. The Morgan fingerprint density at radius 1 is 0.952 bits per heavy atom. The van der Waals surface area contributed by atoms with Crippen LogP contribution in [0.5, 0.6) is 0 Å². The molecule has 0 spiro atoms. The summed E-state index contributed by atoms with van der Waals surface area (Å²) in [4.78, 5) is 1.38. The van der Waals surface area contributed by atoms with Gasteiger partial charge in [0.25, 0.3) is 0 Å². The molecule has 0 fully saturated rings. The lowest BCUT2D eigenvalue weighted by molar-refractivity contribution is 0.695. The third kappa shape index (κ3) is 2.61. The van der Waals surface area contributed by atoms with Gasteiger partial charge in [0, 0.05) is 9.58 Å². The SMILES string of the molecule is CNC(c1cc2ccccc2s1)c1c(C)cc(C)cc1C. The van der Waals surface area contributed by atoms with E-state index in [1.807, 2.05) is 18.4 Å². The summed E-state index contributed by atoms with van der Waals surface area (Å²) in [7, 11) is 2.05. The first kappa shape index (κ1) is 14.3. The Hall–Kier alpha value is -1.64. The second-order valence-electron chi connectivity index (χ2n) is 5.72. The van der Waals surface area contributed by atoms with Crippen molar-refractivity contribution in [2.24, 2.45) is 0 Å². The largest absolute Gasteiger partial charge is 0.309 e. The number of fused-ring (bicyclic) bond motifs is 1. The number of thiophene rings is 1. The molecular formula is C19H21NS. The maximum atomic E-state index is 3.51. The Labute approximate surface area is 130 Å². The van der Waals surface area contributed by atoms with E-state index in [-0.39, 0.29) is 6.04 Å². The molecule has 1 aromatic heterocycles. The van der Waals surface area contributed by atoms with Crippen LogP contribution < -0.4 is 5.32 Å². The molecule has 108 valence electrons. The summed E-state index contributed by atoms with van der Waals surface area (Å²) < 4.78 is 1.36. The van der Waals surface area contributed by atoms with Gasteiger partial charge in [-0.1, -0.05) is 35.9 Å². The molecule has 3 rings (SSSR count). The lowest BCUT2D eigenvalue weighted by Crippen LogP contribution is -2.19. The van der Waals surface area contributed by atoms with Crippen molar-refractivity contribution in [3.05, 3.63) is 69.6 Å². The molecule has 2 aromatic carbocycles. The zero-order valence-electron chi connectivity index (χ0n) is 13.0. The molecule has 1 heterocycles. The summed E-state index contributed by atoms with van der Waals surface area (Å²) in [5, 5.41) is 4.84. The van der Waals surface area contributed by atoms with Gasteiger partial charge in [0.1, 0.15) is 0 Å². The van der Waals surface area contributed by atoms with E-state index in [0.29, 0.717) is 0 Å². The van der Waals surface area contributed by atoms with Crippen LogP contribution >= 0.6 is 11.3 Å². The van der Waals surface area contributed by atoms with Gasteiger partial charge in [-0.2, -0.15) is 0 Å². The van der Waals surface area contributed by atoms with Crippen molar-refractivity contribution in [2.75, 3.05) is 7.05 Å². The quantitative estimate of drug-likeness (QED) is 0.706. The van der Waals surface area contributed by atoms with Crippen LogP contribution in [-0.4, -0.2) is 7.05 Å². The van der Waals surface area contributed by atoms with Gasteiger partial charge in [-0.3, -0.25) is 0 Å². The van der Waals surface area contributed by atoms with Gasteiger partial charge in [-0.15, -0.1) is 11.3 Å². The third-order valence-electron chi connectivity index (χ3n) is 4.04. The number of hydrogen-bond donors (Lipinski definition) is 1. The highest BCUT2D eigenvalue weighted by Gasteiger charge is 2.19. The first-order chi connectivity index (χ1) is 10.1. The smallest absolute Gasteiger partial charge is 0.0674 e. The molecule has 0 aliphatic heterocycles. The van der Waals surface area contributed by atoms with Crippen LogP contribution in [0.25, 0.3) is 10.1 Å². The topological polar surface area (TPSA) is 12.0 Å². The average molecular weight is 295 g/mol. The molecule has 0 amide bonds. The lowest BCUT2D eigenvalue weighted by Gasteiger charge is -2.20. The molecule has 3 aromatic rings. The number of nitrogens with one attached hydrogen (secondary N) is 1. The highest BCUT2D eigenvalue weighted by molar-refractivity contribution is 7.19. The van der Waals surface area contributed by atoms with E-state index in [4.69, 9.17) is 0 Å². The minimum absolute atomic E-state index is 0.267. The van der Waals surface area contributed by atoms with Gasteiger partial charge in [0.05, 0.1) is 6.04 Å². The van der Waals surface area contributed by atoms with Crippen molar-refractivity contribution in [3.63, 3.8) is 0 Å². The summed E-state index contributed by atoms with van der Waals surface area (Å²) >= 11 is 1.88. The van der Waals surface area contributed by atoms with Crippen LogP contribution in [0.15, 0.2) is 42.5 Å². The zero-order valence-corrected chi connectivity index (χ0v) is 13.8. The van der Waals surface area contributed by atoms with Gasteiger partial charge in [0.15, 0.2) is 0 Å². The van der Waals surface area contributed by atoms with Crippen LogP contribution in [0.2, 0.25) is 0 Å². The van der Waals surface area contributed by atoms with Gasteiger partial charge < -0.3 is 5.32 Å². The molecule has 0 aliphatic rings. The Kier molecular flexibility index (Phi) is 3.83. The van der Waals surface area contributed by atoms with Crippen molar-refractivity contribution in [3.8, 4) is 0 Å². The Balaban J connectivity index is 2.14. The summed E-state index contributed by atoms with van der Waals surface area (Å²) in [6, 6.07) is 15.7. The molecule has 1 atom stereocenters. The van der Waals surface area contributed by atoms with Gasteiger partial charge in [-0.05, 0) is 62.0 Å². The molecule has 1 nitrogen and oxygen atoms in total. The summed E-state index contributed by atoms with van der Waals surface area (Å²) in [6.07, 6.45) is 0. The molecule has 0 radical (unpaired) electrons. The molecule has 1 N–H and O–H groups in total. The van der Waals surface area contributed by atoms with E-state index >= 15 is 0 Å². The number of aryl methyl sites for hydroxylation is 3. The van der Waals surface area contributed by atoms with Crippen molar-refractivity contribution in [1.82, 2.24) is 5.32 Å². The predicted octanol–water partition coefficient (Wildman–Crippen LogP) is 5.14. The summed E-state index contributed by atoms with van der Waals surface area (Å²) in [6.45, 7) is 6.59. The number of benzene rings is 2. The van der Waals surface area contributed by atoms with Crippen molar-refractivity contribution >= 4 is 21.4 Å². The third-order valence-corrected chi connectivity index (χ3v) is 5.23. The summed E-state index contributed by atoms with van der Waals surface area (Å²) in [5.74, 6) is 0. The second-order valence-corrected chi connectivity index (χ2v) is 6.84. The van der Waals surface area contributed by atoms with Crippen molar-refractivity contribution < 1.29 is 0 Å². The number of hydrogen-bond acceptors (Lipinski definition) is 2. The molecule has 0 bridgehead atoms. The molecule has 0 saturated heterocycles. The standard InChI is InChI=1S/C19H21NS/c1-12-9-13(2)18(14(3)10-12)19(20-4)17-11-15-7-5-6-8-16(15)21-17/h5-11,19-20H,1-4H3. The van der Waals surface area contributed by atoms with E-state index in [1.54, 1.807) is 0 Å². The van der Waals surface area contributed by atoms with Gasteiger partial charge in [0.2, 0.25) is 0 Å². The monoisotopic (exact) mass is 295 g/mol. The van der Waals surface area contributed by atoms with E-state index in [1.165, 1.54) is 37.2 Å². The molecule has 0 saturated carbocycles. The van der Waals surface area contributed by atoms with Crippen LogP contribution in [0, 0.1) is 20.8 Å². The maximum Gasteiger partial charge on any atom is 0.0674 e. The fourth-order valence-corrected chi connectivity index (χ4v) is 4.40. The highest BCUT2D eigenvalue weighted by Crippen LogP contribution is 2.35. The van der Waals surface area contributed by atoms with Crippen LogP contribution in [0.3, 0.4) is 0 Å². The molecule has 2 heteroatoms.